The second-order valence-corrected chi connectivity index (χ2v) is 2.85. The Morgan fingerprint density at radius 2 is 1.73 bits per heavy atom. The van der Waals surface area contributed by atoms with Gasteiger partial charge in [0.05, 0.1) is 0 Å². The Labute approximate surface area is 92.8 Å². The van der Waals surface area contributed by atoms with Gasteiger partial charge < -0.3 is 4.90 Å². The fraction of sp³-hybridized carbons (Fsp3) is 0.444. The van der Waals surface area contributed by atoms with Crippen LogP contribution in [0.15, 0.2) is 0 Å². The molecule has 0 heterocycles. The summed E-state index contributed by atoms with van der Waals surface area (Å²) in [5.41, 5.74) is 0. The van der Waals surface area contributed by atoms with E-state index in [1.54, 1.807) is 0 Å². The van der Waals surface area contributed by atoms with Crippen LogP contribution in [-0.2, 0) is 0 Å². The fourth-order valence-corrected chi connectivity index (χ4v) is 0.933. The van der Waals surface area contributed by atoms with Crippen molar-refractivity contribution in [3.8, 4) is 0 Å². The maximum Gasteiger partial charge on any atom is 1.00 e. The Kier molecular flexibility index (Phi) is 7.04. The molecule has 1 fully saturated rings. The monoisotopic (exact) mass is 159 g/mol. The van der Waals surface area contributed by atoms with Crippen LogP contribution >= 0.6 is 0 Å². The minimum Gasteiger partial charge on any atom is -0.309 e. The third kappa shape index (κ3) is 5.24. The molecule has 1 rings (SSSR count). The van der Waals surface area contributed by atoms with Gasteiger partial charge in [0.15, 0.2) is 0 Å². The molecule has 0 spiro atoms. The van der Waals surface area contributed by atoms with E-state index in [1.807, 2.05) is 0 Å². The molecule has 0 aliphatic heterocycles. The minimum atomic E-state index is 0. The molecule has 0 bridgehead atoms. The first-order valence-electron chi connectivity index (χ1n) is 3.64. The molecule has 55 valence electrons. The van der Waals surface area contributed by atoms with Crippen molar-refractivity contribution in [3.05, 3.63) is 31.6 Å². The maximum absolute atomic E-state index is 2.20. The van der Waals surface area contributed by atoms with Gasteiger partial charge in [-0.15, -0.1) is 0 Å². The van der Waals surface area contributed by atoms with Crippen molar-refractivity contribution >= 4 is 0 Å². The van der Waals surface area contributed by atoms with Gasteiger partial charge in [-0.05, 0) is 58.7 Å². The van der Waals surface area contributed by atoms with Gasteiger partial charge in [0.1, 0.15) is 0 Å². The first-order chi connectivity index (χ1) is 4.79. The molecule has 11 heavy (non-hydrogen) atoms. The predicted molar refractivity (Wildman–Crippen MR) is 43.6 cm³/mol. The Morgan fingerprint density at radius 1 is 1.18 bits per heavy atom. The average molecular weight is 159 g/mol. The smallest absolute Gasteiger partial charge is 0.309 e. The summed E-state index contributed by atoms with van der Waals surface area (Å²) in [7, 11) is 4.20. The van der Waals surface area contributed by atoms with E-state index in [-0.39, 0.29) is 29.6 Å². The second-order valence-electron chi connectivity index (χ2n) is 2.85. The van der Waals surface area contributed by atoms with Crippen molar-refractivity contribution in [1.82, 2.24) is 4.90 Å². The van der Waals surface area contributed by atoms with Crippen molar-refractivity contribution in [2.75, 3.05) is 20.6 Å². The van der Waals surface area contributed by atoms with Gasteiger partial charge in [-0.2, -0.15) is 0 Å². The van der Waals surface area contributed by atoms with Crippen molar-refractivity contribution in [2.24, 2.45) is 0 Å². The molecule has 1 nitrogen and oxygen atoms in total. The summed E-state index contributed by atoms with van der Waals surface area (Å²) in [5.74, 6) is 1.44. The van der Waals surface area contributed by atoms with Gasteiger partial charge in [-0.3, -0.25) is 0 Å². The first kappa shape index (κ1) is 12.0. The Morgan fingerprint density at radius 3 is 2.18 bits per heavy atom. The van der Waals surface area contributed by atoms with Gasteiger partial charge in [-0.1, -0.05) is 0 Å². The zero-order valence-electron chi connectivity index (χ0n) is 7.67. The normalized spacial score (nSPS) is 18.8. The molecule has 2 heteroatoms. The van der Waals surface area contributed by atoms with Gasteiger partial charge in [-0.25, -0.2) is 0 Å². The number of nitrogens with zero attached hydrogens (tertiary/aromatic N) is 1. The van der Waals surface area contributed by atoms with Crippen LogP contribution in [0.3, 0.4) is 0 Å². The standard InChI is InChI=1S/C9H14N.Na/c1-10(2)8-7-9-5-3-4-6-9;/h3-6H,7-8H2,1-2H3;/q;+1. The molecule has 0 atom stereocenters. The Hall–Kier alpha value is 0.960. The van der Waals surface area contributed by atoms with Crippen molar-refractivity contribution in [1.29, 1.82) is 0 Å². The van der Waals surface area contributed by atoms with Gasteiger partial charge in [0, 0.05) is 0 Å². The van der Waals surface area contributed by atoms with Crippen molar-refractivity contribution in [2.45, 2.75) is 6.42 Å². The van der Waals surface area contributed by atoms with E-state index in [1.165, 1.54) is 12.3 Å². The van der Waals surface area contributed by atoms with Gasteiger partial charge in [0.25, 0.3) is 0 Å². The Bertz CT molecular complexity index is 87.6. The molecule has 0 aromatic carbocycles. The summed E-state index contributed by atoms with van der Waals surface area (Å²) in [6, 6.07) is 0. The third-order valence-corrected chi connectivity index (χ3v) is 1.58. The van der Waals surface area contributed by atoms with E-state index < -0.39 is 0 Å². The van der Waals surface area contributed by atoms with Crippen LogP contribution < -0.4 is 29.6 Å². The Balaban J connectivity index is 0.000001000. The SMILES string of the molecule is CN(C)CC[C]1[CH][CH][CH][CH]1.[Na+]. The zero-order chi connectivity index (χ0) is 7.40. The minimum absolute atomic E-state index is 0. The van der Waals surface area contributed by atoms with Crippen LogP contribution in [-0.4, -0.2) is 25.5 Å². The molecule has 0 aromatic rings. The predicted octanol–water partition coefficient (Wildman–Crippen LogP) is -1.65. The molecule has 0 unspecified atom stereocenters. The second kappa shape index (κ2) is 6.47. The van der Waals surface area contributed by atoms with E-state index in [0.29, 0.717) is 0 Å². The molecule has 1 aliphatic rings. The molecule has 1 saturated carbocycles. The molecule has 0 N–H and O–H groups in total. The van der Waals surface area contributed by atoms with Crippen LogP contribution in [0, 0.1) is 31.6 Å². The summed E-state index contributed by atoms with van der Waals surface area (Å²) in [5, 5.41) is 0. The zero-order valence-corrected chi connectivity index (χ0v) is 9.67. The van der Waals surface area contributed by atoms with Gasteiger partial charge in [0.2, 0.25) is 0 Å². The molecular formula is C9H14NNa+. The van der Waals surface area contributed by atoms with Crippen LogP contribution in [0.5, 0.6) is 0 Å². The summed E-state index contributed by atoms with van der Waals surface area (Å²) < 4.78 is 0. The van der Waals surface area contributed by atoms with E-state index in [0.717, 1.165) is 6.54 Å². The van der Waals surface area contributed by atoms with E-state index in [2.05, 4.69) is 44.7 Å². The molecule has 0 amide bonds. The van der Waals surface area contributed by atoms with Crippen LogP contribution in [0.1, 0.15) is 6.42 Å². The number of hydrogen-bond acceptors (Lipinski definition) is 1. The topological polar surface area (TPSA) is 3.24 Å². The molecule has 0 aromatic heterocycles. The van der Waals surface area contributed by atoms with Gasteiger partial charge >= 0.3 is 29.6 Å². The summed E-state index contributed by atoms with van der Waals surface area (Å²) >= 11 is 0. The van der Waals surface area contributed by atoms with Crippen molar-refractivity contribution < 1.29 is 29.6 Å². The fourth-order valence-electron chi connectivity index (χ4n) is 0.933. The molecule has 5 radical (unpaired) electrons. The van der Waals surface area contributed by atoms with Crippen LogP contribution in [0.4, 0.5) is 0 Å². The van der Waals surface area contributed by atoms with E-state index in [4.69, 9.17) is 0 Å². The summed E-state index contributed by atoms with van der Waals surface area (Å²) in [4.78, 5) is 2.20. The van der Waals surface area contributed by atoms with E-state index >= 15 is 0 Å². The summed E-state index contributed by atoms with van der Waals surface area (Å²) in [6.45, 7) is 1.14. The molecule has 0 saturated heterocycles. The first-order valence-corrected chi connectivity index (χ1v) is 3.64. The largest absolute Gasteiger partial charge is 1.00 e. The molecule has 1 aliphatic carbocycles. The van der Waals surface area contributed by atoms with E-state index in [9.17, 15) is 0 Å². The number of hydrogen-bond donors (Lipinski definition) is 0. The average Bonchev–Trinajstić information content (AvgIpc) is 2.34. The summed E-state index contributed by atoms with van der Waals surface area (Å²) in [6.07, 6.45) is 9.68. The van der Waals surface area contributed by atoms with Crippen LogP contribution in [0.2, 0.25) is 0 Å². The quantitative estimate of drug-likeness (QED) is 0.446. The van der Waals surface area contributed by atoms with Crippen LogP contribution in [0.25, 0.3) is 0 Å². The third-order valence-electron chi connectivity index (χ3n) is 1.58. The van der Waals surface area contributed by atoms with Crippen molar-refractivity contribution in [3.63, 3.8) is 0 Å². The maximum atomic E-state index is 2.20. The number of rotatable bonds is 3. The molecular weight excluding hydrogens is 145 g/mol.